The topological polar surface area (TPSA) is 133 Å². The predicted molar refractivity (Wildman–Crippen MR) is 118 cm³/mol. The number of esters is 2. The first-order valence-electron chi connectivity index (χ1n) is 9.19. The molecule has 2 aromatic heterocycles. The van der Waals surface area contributed by atoms with Gasteiger partial charge in [0.05, 0.1) is 11.9 Å². The van der Waals surface area contributed by atoms with E-state index in [1.54, 1.807) is 64.4 Å². The SMILES string of the molecule is C=C(C(=O)OC(C)(C)C)C(=O)OC(C)(C)C.O=C([O-])c1cccs1.O=C([O-])c1cccs1.[Na+].[Na+]. The van der Waals surface area contributed by atoms with Crippen LogP contribution in [-0.2, 0) is 19.1 Å². The standard InChI is InChI=1S/C12H20O4.2C5H4O2S.2Na/c1-8(9(13)15-11(2,3)4)10(14)16-12(5,6)7;2*6-5(7)4-2-1-3-8-4;;/h1H2,2-7H3;2*1-3H,(H,6,7);;/q;;;2*+1/p-2. The molecule has 0 aromatic carbocycles. The van der Waals surface area contributed by atoms with Gasteiger partial charge in [0, 0.05) is 9.75 Å². The van der Waals surface area contributed by atoms with Gasteiger partial charge in [0.15, 0.2) is 0 Å². The summed E-state index contributed by atoms with van der Waals surface area (Å²) in [7, 11) is 0. The first kappa shape index (κ1) is 37.6. The van der Waals surface area contributed by atoms with Crippen molar-refractivity contribution in [3.8, 4) is 0 Å². The summed E-state index contributed by atoms with van der Waals surface area (Å²) in [6.45, 7) is 13.7. The molecule has 0 bridgehead atoms. The second-order valence-electron chi connectivity index (χ2n) is 8.01. The fourth-order valence-corrected chi connectivity index (χ4v) is 2.67. The molecular formula is C22H26Na2O8S2. The summed E-state index contributed by atoms with van der Waals surface area (Å²) < 4.78 is 9.99. The second kappa shape index (κ2) is 17.4. The normalized spacial score (nSPS) is 9.82. The van der Waals surface area contributed by atoms with Crippen molar-refractivity contribution < 1.29 is 98.0 Å². The van der Waals surface area contributed by atoms with E-state index in [1.165, 1.54) is 34.8 Å². The number of rotatable bonds is 4. The van der Waals surface area contributed by atoms with Crippen molar-refractivity contribution >= 4 is 46.6 Å². The molecule has 0 aliphatic rings. The molecule has 8 nitrogen and oxygen atoms in total. The Kier molecular flexibility index (Phi) is 19.3. The molecule has 2 heterocycles. The van der Waals surface area contributed by atoms with Gasteiger partial charge in [0.2, 0.25) is 0 Å². The molecular weight excluding hydrogens is 502 g/mol. The van der Waals surface area contributed by atoms with E-state index in [-0.39, 0.29) is 74.4 Å². The largest absolute Gasteiger partial charge is 1.00 e. The van der Waals surface area contributed by atoms with Gasteiger partial charge in [-0.25, -0.2) is 9.59 Å². The summed E-state index contributed by atoms with van der Waals surface area (Å²) in [6.07, 6.45) is 0. The van der Waals surface area contributed by atoms with Gasteiger partial charge in [-0.1, -0.05) is 18.7 Å². The Labute approximate surface area is 251 Å². The fourth-order valence-electron chi connectivity index (χ4n) is 1.55. The molecule has 0 radical (unpaired) electrons. The maximum atomic E-state index is 11.5. The quantitative estimate of drug-likeness (QED) is 0.131. The van der Waals surface area contributed by atoms with Crippen molar-refractivity contribution in [3.05, 3.63) is 56.9 Å². The van der Waals surface area contributed by atoms with E-state index in [9.17, 15) is 29.4 Å². The zero-order chi connectivity index (χ0) is 25.1. The second-order valence-corrected chi connectivity index (χ2v) is 9.91. The molecule has 2 aromatic rings. The number of aromatic carboxylic acids is 2. The molecule has 0 unspecified atom stereocenters. The Morgan fingerprint density at radius 3 is 1.18 bits per heavy atom. The molecule has 34 heavy (non-hydrogen) atoms. The molecule has 0 amide bonds. The van der Waals surface area contributed by atoms with E-state index >= 15 is 0 Å². The number of ether oxygens (including phenoxy) is 2. The Morgan fingerprint density at radius 2 is 1.03 bits per heavy atom. The smallest absolute Gasteiger partial charge is 0.544 e. The van der Waals surface area contributed by atoms with E-state index in [0.29, 0.717) is 0 Å². The van der Waals surface area contributed by atoms with Crippen LogP contribution in [0.4, 0.5) is 0 Å². The van der Waals surface area contributed by atoms with Crippen LogP contribution in [0.2, 0.25) is 0 Å². The zero-order valence-corrected chi connectivity index (χ0v) is 26.4. The molecule has 0 spiro atoms. The first-order chi connectivity index (χ1) is 14.5. The number of thiophene rings is 2. The van der Waals surface area contributed by atoms with Crippen molar-refractivity contribution in [2.45, 2.75) is 52.7 Å². The zero-order valence-electron chi connectivity index (χ0n) is 20.8. The maximum absolute atomic E-state index is 11.5. The van der Waals surface area contributed by atoms with Crippen LogP contribution in [0.15, 0.2) is 47.2 Å². The Bertz CT molecular complexity index is 836. The molecule has 176 valence electrons. The summed E-state index contributed by atoms with van der Waals surface area (Å²) in [5.74, 6) is -3.69. The van der Waals surface area contributed by atoms with Gasteiger partial charge in [-0.3, -0.25) is 0 Å². The minimum atomic E-state index is -1.10. The van der Waals surface area contributed by atoms with Crippen LogP contribution in [0, 0.1) is 0 Å². The summed E-state index contributed by atoms with van der Waals surface area (Å²) in [6, 6.07) is 6.38. The molecule has 0 saturated carbocycles. The van der Waals surface area contributed by atoms with E-state index in [0.717, 1.165) is 0 Å². The maximum Gasteiger partial charge on any atom is 1.00 e. The third kappa shape index (κ3) is 18.4. The minimum Gasteiger partial charge on any atom is -0.544 e. The van der Waals surface area contributed by atoms with E-state index in [4.69, 9.17) is 9.47 Å². The molecule has 12 heteroatoms. The third-order valence-corrected chi connectivity index (χ3v) is 4.44. The van der Waals surface area contributed by atoms with Crippen molar-refractivity contribution in [2.75, 3.05) is 0 Å². The third-order valence-electron chi connectivity index (χ3n) is 2.74. The van der Waals surface area contributed by atoms with Crippen molar-refractivity contribution in [2.24, 2.45) is 0 Å². The van der Waals surface area contributed by atoms with Gasteiger partial charge in [0.1, 0.15) is 16.8 Å². The van der Waals surface area contributed by atoms with Gasteiger partial charge in [-0.15, -0.1) is 22.7 Å². The van der Waals surface area contributed by atoms with Gasteiger partial charge < -0.3 is 29.3 Å². The minimum absolute atomic E-state index is 0. The fraction of sp³-hybridized carbons (Fsp3) is 0.364. The summed E-state index contributed by atoms with van der Waals surface area (Å²) in [4.78, 5) is 43.4. The van der Waals surface area contributed by atoms with Gasteiger partial charge >= 0.3 is 71.1 Å². The first-order valence-corrected chi connectivity index (χ1v) is 10.9. The molecule has 0 aliphatic heterocycles. The van der Waals surface area contributed by atoms with Gasteiger partial charge in [0.25, 0.3) is 0 Å². The van der Waals surface area contributed by atoms with Crippen LogP contribution in [0.5, 0.6) is 0 Å². The Hall–Kier alpha value is -0.980. The number of carboxylic acid groups (broad SMARTS) is 2. The van der Waals surface area contributed by atoms with Crippen LogP contribution < -0.4 is 69.3 Å². The van der Waals surface area contributed by atoms with Crippen molar-refractivity contribution in [3.63, 3.8) is 0 Å². The van der Waals surface area contributed by atoms with Gasteiger partial charge in [-0.05, 0) is 64.4 Å². The number of carbonyl (C=O) groups is 4. The number of carboxylic acids is 2. The van der Waals surface area contributed by atoms with Crippen LogP contribution >= 0.6 is 22.7 Å². The monoisotopic (exact) mass is 528 g/mol. The summed E-state index contributed by atoms with van der Waals surface area (Å²) in [5, 5.41) is 23.3. The van der Waals surface area contributed by atoms with Crippen LogP contribution in [-0.4, -0.2) is 35.1 Å². The number of hydrogen-bond donors (Lipinski definition) is 0. The van der Waals surface area contributed by atoms with Crippen LogP contribution in [0.3, 0.4) is 0 Å². The Balaban J connectivity index is -0.000000449. The van der Waals surface area contributed by atoms with Crippen LogP contribution in [0.25, 0.3) is 0 Å². The van der Waals surface area contributed by atoms with Crippen molar-refractivity contribution in [1.82, 2.24) is 0 Å². The molecule has 0 fully saturated rings. The molecule has 0 N–H and O–H groups in total. The van der Waals surface area contributed by atoms with Crippen LogP contribution in [0.1, 0.15) is 60.9 Å². The molecule has 2 rings (SSSR count). The predicted octanol–water partition coefficient (Wildman–Crippen LogP) is -3.54. The number of hydrogen-bond acceptors (Lipinski definition) is 10. The molecule has 0 atom stereocenters. The molecule has 0 aliphatic carbocycles. The molecule has 0 saturated heterocycles. The summed E-state index contributed by atoms with van der Waals surface area (Å²) >= 11 is 2.34. The number of carbonyl (C=O) groups excluding carboxylic acids is 4. The summed E-state index contributed by atoms with van der Waals surface area (Å²) in [5.41, 5.74) is -1.59. The average molecular weight is 529 g/mol. The Morgan fingerprint density at radius 1 is 0.735 bits per heavy atom. The van der Waals surface area contributed by atoms with E-state index in [1.807, 2.05) is 0 Å². The van der Waals surface area contributed by atoms with E-state index < -0.39 is 35.1 Å². The van der Waals surface area contributed by atoms with Crippen molar-refractivity contribution in [1.29, 1.82) is 0 Å². The van der Waals surface area contributed by atoms with Gasteiger partial charge in [-0.2, -0.15) is 0 Å². The average Bonchev–Trinajstić information content (AvgIpc) is 3.32. The van der Waals surface area contributed by atoms with E-state index in [2.05, 4.69) is 6.58 Å².